The summed E-state index contributed by atoms with van der Waals surface area (Å²) in [6, 6.07) is 20.8. The van der Waals surface area contributed by atoms with Gasteiger partial charge in [-0.25, -0.2) is 4.79 Å². The Hall–Kier alpha value is -2.87. The van der Waals surface area contributed by atoms with E-state index in [2.05, 4.69) is 33.4 Å². The largest absolute Gasteiger partial charge is 0.508 e. The van der Waals surface area contributed by atoms with E-state index < -0.39 is 18.3 Å². The smallest absolute Gasteiger partial charge is 0.407 e. The van der Waals surface area contributed by atoms with Crippen LogP contribution in [0.4, 0.5) is 4.79 Å². The number of amides is 1. The lowest BCUT2D eigenvalue weighted by Crippen LogP contribution is -2.36. The van der Waals surface area contributed by atoms with Gasteiger partial charge in [-0.3, -0.25) is 0 Å². The molecule has 0 radical (unpaired) electrons. The number of phenols is 1. The number of ether oxygens (including phenoxy) is 1. The van der Waals surface area contributed by atoms with Crippen LogP contribution in [0.15, 0.2) is 71.2 Å². The van der Waals surface area contributed by atoms with E-state index in [0.717, 1.165) is 22.3 Å². The van der Waals surface area contributed by atoms with Crippen LogP contribution in [-0.2, 0) is 4.74 Å². The standard InChI is InChI=1S/C24H22BrNO5/c25-19-10-5-11-20(27)22(19)23(29)21(28)12-26-24(30)31-13-18-16-8-3-1-6-14(16)15-7-2-4-9-17(15)18/h1-11,18,21,23,27-29H,12-13H2,(H,26,30). The minimum Gasteiger partial charge on any atom is -0.508 e. The van der Waals surface area contributed by atoms with Crippen LogP contribution >= 0.6 is 15.9 Å². The average Bonchev–Trinajstić information content (AvgIpc) is 3.09. The molecule has 0 bridgehead atoms. The van der Waals surface area contributed by atoms with Gasteiger partial charge in [0.25, 0.3) is 0 Å². The summed E-state index contributed by atoms with van der Waals surface area (Å²) in [4.78, 5) is 12.2. The number of aliphatic hydroxyl groups is 2. The zero-order chi connectivity index (χ0) is 22.0. The Bertz CT molecular complexity index is 1040. The minimum atomic E-state index is -1.38. The molecule has 6 nitrogen and oxygen atoms in total. The third-order valence-corrected chi connectivity index (χ3v) is 6.18. The van der Waals surface area contributed by atoms with Gasteiger partial charge in [-0.05, 0) is 34.4 Å². The molecule has 1 aliphatic carbocycles. The van der Waals surface area contributed by atoms with E-state index in [1.807, 2.05) is 36.4 Å². The average molecular weight is 484 g/mol. The number of halogens is 1. The number of hydrogen-bond donors (Lipinski definition) is 4. The summed E-state index contributed by atoms with van der Waals surface area (Å²) >= 11 is 3.24. The van der Waals surface area contributed by atoms with E-state index in [-0.39, 0.29) is 30.4 Å². The maximum absolute atomic E-state index is 12.2. The molecule has 1 amide bonds. The van der Waals surface area contributed by atoms with Crippen LogP contribution in [0.3, 0.4) is 0 Å². The number of carbonyl (C=O) groups is 1. The van der Waals surface area contributed by atoms with Crippen molar-refractivity contribution < 1.29 is 24.9 Å². The summed E-state index contributed by atoms with van der Waals surface area (Å²) in [5.41, 5.74) is 4.65. The lowest BCUT2D eigenvalue weighted by molar-refractivity contribution is 0.0168. The number of alkyl carbamates (subject to hydrolysis) is 1. The van der Waals surface area contributed by atoms with E-state index in [1.54, 1.807) is 12.1 Å². The van der Waals surface area contributed by atoms with Crippen LogP contribution in [-0.4, -0.2) is 40.7 Å². The van der Waals surface area contributed by atoms with Gasteiger partial charge in [-0.1, -0.05) is 70.5 Å². The number of fused-ring (bicyclic) bond motifs is 3. The zero-order valence-electron chi connectivity index (χ0n) is 16.5. The van der Waals surface area contributed by atoms with E-state index in [9.17, 15) is 20.1 Å². The monoisotopic (exact) mass is 483 g/mol. The van der Waals surface area contributed by atoms with E-state index in [1.165, 1.54) is 6.07 Å². The molecule has 3 aromatic carbocycles. The number of nitrogens with one attached hydrogen (secondary N) is 1. The van der Waals surface area contributed by atoms with Crippen molar-refractivity contribution in [1.82, 2.24) is 5.32 Å². The van der Waals surface area contributed by atoms with Crippen LogP contribution in [0.1, 0.15) is 28.7 Å². The molecule has 0 aromatic heterocycles. The Labute approximate surface area is 188 Å². The summed E-state index contributed by atoms with van der Waals surface area (Å²) in [7, 11) is 0. The predicted molar refractivity (Wildman–Crippen MR) is 120 cm³/mol. The summed E-state index contributed by atoms with van der Waals surface area (Å²) in [6.07, 6.45) is -3.40. The highest BCUT2D eigenvalue weighted by molar-refractivity contribution is 9.10. The number of phenolic OH excluding ortho intramolecular Hbond substituents is 1. The minimum absolute atomic E-state index is 0.0640. The number of benzene rings is 3. The van der Waals surface area contributed by atoms with Crippen molar-refractivity contribution >= 4 is 22.0 Å². The SMILES string of the molecule is O=C(NCC(O)C(O)c1c(O)cccc1Br)OCC1c2ccccc2-c2ccccc21. The van der Waals surface area contributed by atoms with E-state index >= 15 is 0 Å². The molecule has 0 spiro atoms. The molecular weight excluding hydrogens is 462 g/mol. The predicted octanol–water partition coefficient (Wildman–Crippen LogP) is 4.09. The van der Waals surface area contributed by atoms with Gasteiger partial charge in [0.15, 0.2) is 0 Å². The number of aliphatic hydroxyl groups excluding tert-OH is 2. The van der Waals surface area contributed by atoms with Crippen molar-refractivity contribution in [2.75, 3.05) is 13.2 Å². The van der Waals surface area contributed by atoms with E-state index in [4.69, 9.17) is 4.74 Å². The molecule has 4 rings (SSSR count). The number of rotatable bonds is 6. The molecule has 0 heterocycles. The van der Waals surface area contributed by atoms with Crippen molar-refractivity contribution in [3.8, 4) is 16.9 Å². The highest BCUT2D eigenvalue weighted by atomic mass is 79.9. The Morgan fingerprint density at radius 2 is 1.58 bits per heavy atom. The van der Waals surface area contributed by atoms with Gasteiger partial charge in [0.05, 0.1) is 0 Å². The lowest BCUT2D eigenvalue weighted by Gasteiger charge is -2.21. The van der Waals surface area contributed by atoms with Crippen molar-refractivity contribution in [1.29, 1.82) is 0 Å². The molecule has 2 unspecified atom stereocenters. The summed E-state index contributed by atoms with van der Waals surface area (Å²) in [6.45, 7) is -0.0812. The van der Waals surface area contributed by atoms with Gasteiger partial charge in [-0.15, -0.1) is 0 Å². The van der Waals surface area contributed by atoms with Gasteiger partial charge < -0.3 is 25.4 Å². The van der Waals surface area contributed by atoms with Crippen molar-refractivity contribution in [2.45, 2.75) is 18.1 Å². The summed E-state index contributed by atoms with van der Waals surface area (Å²) < 4.78 is 5.88. The number of carbonyl (C=O) groups excluding carboxylic acids is 1. The highest BCUT2D eigenvalue weighted by Crippen LogP contribution is 2.44. The first-order valence-corrected chi connectivity index (χ1v) is 10.7. The molecule has 31 heavy (non-hydrogen) atoms. The second-order valence-electron chi connectivity index (χ2n) is 7.39. The van der Waals surface area contributed by atoms with Gasteiger partial charge >= 0.3 is 6.09 Å². The molecule has 0 aliphatic heterocycles. The first kappa shape index (κ1) is 21.4. The molecule has 0 saturated heterocycles. The van der Waals surface area contributed by atoms with Gasteiger partial charge in [0, 0.05) is 22.5 Å². The van der Waals surface area contributed by atoms with Gasteiger partial charge in [0.2, 0.25) is 0 Å². The van der Waals surface area contributed by atoms with Crippen LogP contribution in [0, 0.1) is 0 Å². The molecule has 4 N–H and O–H groups in total. The molecule has 0 fully saturated rings. The fraction of sp³-hybridized carbons (Fsp3) is 0.208. The molecule has 0 saturated carbocycles. The maximum Gasteiger partial charge on any atom is 0.407 e. The van der Waals surface area contributed by atoms with Gasteiger partial charge in [-0.2, -0.15) is 0 Å². The molecular formula is C24H22BrNO5. The Morgan fingerprint density at radius 3 is 2.19 bits per heavy atom. The fourth-order valence-corrected chi connectivity index (χ4v) is 4.55. The van der Waals surface area contributed by atoms with Gasteiger partial charge in [0.1, 0.15) is 24.6 Å². The van der Waals surface area contributed by atoms with Crippen LogP contribution in [0.2, 0.25) is 0 Å². The zero-order valence-corrected chi connectivity index (χ0v) is 18.1. The summed E-state index contributed by atoms with van der Waals surface area (Å²) in [5, 5.41) is 33.0. The fourth-order valence-electron chi connectivity index (χ4n) is 3.96. The normalized spacial score (nSPS) is 14.4. The summed E-state index contributed by atoms with van der Waals surface area (Å²) in [5.74, 6) is -0.215. The first-order chi connectivity index (χ1) is 15.0. The Kier molecular flexibility index (Phi) is 6.27. The van der Waals surface area contributed by atoms with Crippen LogP contribution in [0.5, 0.6) is 5.75 Å². The number of hydrogen-bond acceptors (Lipinski definition) is 5. The number of aromatic hydroxyl groups is 1. The van der Waals surface area contributed by atoms with Crippen LogP contribution in [0.25, 0.3) is 11.1 Å². The Balaban J connectivity index is 1.36. The highest BCUT2D eigenvalue weighted by Gasteiger charge is 2.29. The Morgan fingerprint density at radius 1 is 0.968 bits per heavy atom. The van der Waals surface area contributed by atoms with E-state index in [0.29, 0.717) is 4.47 Å². The molecule has 160 valence electrons. The third kappa shape index (κ3) is 4.30. The quantitative estimate of drug-likeness (QED) is 0.423. The molecule has 2 atom stereocenters. The van der Waals surface area contributed by atoms with Crippen molar-refractivity contribution in [2.24, 2.45) is 0 Å². The van der Waals surface area contributed by atoms with Crippen LogP contribution < -0.4 is 5.32 Å². The second kappa shape index (κ2) is 9.09. The topological polar surface area (TPSA) is 99.0 Å². The second-order valence-corrected chi connectivity index (χ2v) is 8.25. The van der Waals surface area contributed by atoms with Crippen molar-refractivity contribution in [3.63, 3.8) is 0 Å². The maximum atomic E-state index is 12.2. The molecule has 7 heteroatoms. The lowest BCUT2D eigenvalue weighted by atomic mass is 9.98. The van der Waals surface area contributed by atoms with Crippen molar-refractivity contribution in [3.05, 3.63) is 87.9 Å². The first-order valence-electron chi connectivity index (χ1n) is 9.89. The molecule has 3 aromatic rings. The molecule has 1 aliphatic rings. The third-order valence-electron chi connectivity index (χ3n) is 5.49.